The average molecular weight is 366 g/mol. The van der Waals surface area contributed by atoms with Crippen LogP contribution < -0.4 is 5.32 Å². The van der Waals surface area contributed by atoms with Gasteiger partial charge < -0.3 is 10.4 Å². The molecule has 2 aromatic rings. The lowest BCUT2D eigenvalue weighted by atomic mass is 9.80. The van der Waals surface area contributed by atoms with Gasteiger partial charge in [-0.05, 0) is 39.5 Å². The minimum atomic E-state index is -0.250. The minimum Gasteiger partial charge on any atom is -0.392 e. The maximum absolute atomic E-state index is 10.1. The Morgan fingerprint density at radius 3 is 1.48 bits per heavy atom. The van der Waals surface area contributed by atoms with Crippen LogP contribution in [0.15, 0.2) is 48.5 Å². The highest BCUT2D eigenvalue weighted by Crippen LogP contribution is 2.35. The second kappa shape index (κ2) is 7.41. The van der Waals surface area contributed by atoms with Crippen molar-refractivity contribution in [3.05, 3.63) is 70.8 Å². The Balaban J connectivity index is 1.97. The van der Waals surface area contributed by atoms with Crippen LogP contribution in [0.2, 0.25) is 0 Å². The van der Waals surface area contributed by atoms with Crippen molar-refractivity contribution in [2.45, 2.75) is 76.9 Å². The molecular formula is C25H35NO. The van der Waals surface area contributed by atoms with Gasteiger partial charge in [0.25, 0.3) is 0 Å². The van der Waals surface area contributed by atoms with Crippen LogP contribution in [0, 0.1) is 0 Å². The van der Waals surface area contributed by atoms with Gasteiger partial charge in [0.05, 0.1) is 6.10 Å². The van der Waals surface area contributed by atoms with E-state index in [9.17, 15) is 5.11 Å². The van der Waals surface area contributed by atoms with E-state index in [2.05, 4.69) is 95.4 Å². The number of hydrogen-bond donors (Lipinski definition) is 2. The molecule has 0 saturated carbocycles. The van der Waals surface area contributed by atoms with Gasteiger partial charge in [-0.1, -0.05) is 90.1 Å². The quantitative estimate of drug-likeness (QED) is 0.790. The Labute approximate surface area is 165 Å². The van der Waals surface area contributed by atoms with Crippen molar-refractivity contribution in [1.82, 2.24) is 5.32 Å². The van der Waals surface area contributed by atoms with E-state index in [-0.39, 0.29) is 28.9 Å². The molecule has 0 amide bonds. The predicted octanol–water partition coefficient (Wildman–Crippen LogP) is 5.14. The summed E-state index contributed by atoms with van der Waals surface area (Å²) < 4.78 is 0. The van der Waals surface area contributed by atoms with Crippen molar-refractivity contribution in [3.63, 3.8) is 0 Å². The summed E-state index contributed by atoms with van der Waals surface area (Å²) in [7, 11) is 0. The smallest absolute Gasteiger partial charge is 0.0679 e. The summed E-state index contributed by atoms with van der Waals surface area (Å²) in [6.07, 6.45) is 0.549. The van der Waals surface area contributed by atoms with Crippen molar-refractivity contribution >= 4 is 0 Å². The van der Waals surface area contributed by atoms with E-state index < -0.39 is 0 Å². The van der Waals surface area contributed by atoms with E-state index in [1.165, 1.54) is 22.3 Å². The number of aliphatic hydroxyl groups excluding tert-OH is 1. The van der Waals surface area contributed by atoms with Crippen LogP contribution in [0.5, 0.6) is 0 Å². The number of β-amino-alcohol motifs (C(OH)–C–C–N with tert-alkyl or cyclic N) is 1. The predicted molar refractivity (Wildman–Crippen MR) is 115 cm³/mol. The lowest BCUT2D eigenvalue weighted by Crippen LogP contribution is -2.29. The Hall–Kier alpha value is -1.64. The van der Waals surface area contributed by atoms with Crippen LogP contribution in [-0.2, 0) is 10.8 Å². The molecule has 0 bridgehead atoms. The van der Waals surface area contributed by atoms with Crippen LogP contribution in [-0.4, -0.2) is 23.8 Å². The summed E-state index contributed by atoms with van der Waals surface area (Å²) in [5, 5.41) is 13.6. The third-order valence-electron chi connectivity index (χ3n) is 5.82. The van der Waals surface area contributed by atoms with Crippen LogP contribution in [0.4, 0.5) is 0 Å². The first kappa shape index (κ1) is 20.1. The van der Waals surface area contributed by atoms with Crippen molar-refractivity contribution in [1.29, 1.82) is 0 Å². The number of rotatable bonds is 3. The molecule has 27 heavy (non-hydrogen) atoms. The van der Waals surface area contributed by atoms with Gasteiger partial charge in [0, 0.05) is 18.5 Å². The molecule has 2 N–H and O–H groups in total. The zero-order chi connectivity index (χ0) is 19.8. The Morgan fingerprint density at radius 1 is 0.778 bits per heavy atom. The van der Waals surface area contributed by atoms with Crippen LogP contribution >= 0.6 is 0 Å². The van der Waals surface area contributed by atoms with E-state index in [4.69, 9.17) is 0 Å². The molecule has 2 nitrogen and oxygen atoms in total. The summed E-state index contributed by atoms with van der Waals surface area (Å²) in [4.78, 5) is 0. The first-order valence-corrected chi connectivity index (χ1v) is 10.2. The lowest BCUT2D eigenvalue weighted by Gasteiger charge is -2.27. The molecule has 1 heterocycles. The standard InChI is InChI=1S/C25H35NO/c1-24(2,3)19-11-7-17(8-12-19)23(22-15-21(27)16-26-22)18-9-13-20(14-10-18)25(4,5)6/h7-14,21-23,26-27H,15-16H2,1-6H3/t21-,22?/m0/s1. The molecule has 1 fully saturated rings. The summed E-state index contributed by atoms with van der Waals surface area (Å²) in [5.74, 6) is 0.255. The molecule has 2 atom stereocenters. The molecule has 1 saturated heterocycles. The van der Waals surface area contributed by atoms with E-state index in [1.54, 1.807) is 0 Å². The molecule has 146 valence electrons. The van der Waals surface area contributed by atoms with Gasteiger partial charge in [-0.2, -0.15) is 0 Å². The fraction of sp³-hybridized carbons (Fsp3) is 0.520. The van der Waals surface area contributed by atoms with E-state index in [0.717, 1.165) is 6.42 Å². The largest absolute Gasteiger partial charge is 0.392 e. The first-order valence-electron chi connectivity index (χ1n) is 10.2. The average Bonchev–Trinajstić information content (AvgIpc) is 3.00. The highest BCUT2D eigenvalue weighted by Gasteiger charge is 2.32. The van der Waals surface area contributed by atoms with Crippen molar-refractivity contribution in [2.75, 3.05) is 6.54 Å². The highest BCUT2D eigenvalue weighted by molar-refractivity contribution is 5.39. The summed E-state index contributed by atoms with van der Waals surface area (Å²) >= 11 is 0. The molecule has 1 unspecified atom stereocenters. The molecule has 0 aliphatic carbocycles. The topological polar surface area (TPSA) is 32.3 Å². The Morgan fingerprint density at radius 2 is 1.19 bits per heavy atom. The van der Waals surface area contributed by atoms with E-state index in [0.29, 0.717) is 6.54 Å². The molecule has 0 radical (unpaired) electrons. The number of hydrogen-bond acceptors (Lipinski definition) is 2. The van der Waals surface area contributed by atoms with E-state index >= 15 is 0 Å². The molecular weight excluding hydrogens is 330 g/mol. The van der Waals surface area contributed by atoms with Gasteiger partial charge in [0.1, 0.15) is 0 Å². The Kier molecular flexibility index (Phi) is 5.52. The monoisotopic (exact) mass is 365 g/mol. The van der Waals surface area contributed by atoms with Crippen LogP contribution in [0.1, 0.15) is 76.1 Å². The molecule has 2 aromatic carbocycles. The molecule has 2 heteroatoms. The van der Waals surface area contributed by atoms with Gasteiger partial charge >= 0.3 is 0 Å². The molecule has 0 aromatic heterocycles. The number of benzene rings is 2. The normalized spacial score (nSPS) is 21.0. The minimum absolute atomic E-state index is 0.157. The SMILES string of the molecule is CC(C)(C)c1ccc(C(c2ccc(C(C)(C)C)cc2)C2C[C@H](O)CN2)cc1. The fourth-order valence-corrected chi connectivity index (χ4v) is 4.04. The maximum Gasteiger partial charge on any atom is 0.0679 e. The van der Waals surface area contributed by atoms with Gasteiger partial charge in [0.2, 0.25) is 0 Å². The second-order valence-corrected chi connectivity index (χ2v) is 10.1. The third kappa shape index (κ3) is 4.62. The lowest BCUT2D eigenvalue weighted by molar-refractivity contribution is 0.192. The molecule has 0 spiro atoms. The third-order valence-corrected chi connectivity index (χ3v) is 5.82. The molecule has 1 aliphatic rings. The van der Waals surface area contributed by atoms with Crippen molar-refractivity contribution in [3.8, 4) is 0 Å². The van der Waals surface area contributed by atoms with Gasteiger partial charge in [0.15, 0.2) is 0 Å². The summed E-state index contributed by atoms with van der Waals surface area (Å²) in [6, 6.07) is 18.4. The summed E-state index contributed by atoms with van der Waals surface area (Å²) in [6.45, 7) is 14.2. The fourth-order valence-electron chi connectivity index (χ4n) is 4.04. The summed E-state index contributed by atoms with van der Waals surface area (Å²) in [5.41, 5.74) is 5.66. The van der Waals surface area contributed by atoms with Gasteiger partial charge in [-0.15, -0.1) is 0 Å². The molecule has 1 aliphatic heterocycles. The van der Waals surface area contributed by atoms with Gasteiger partial charge in [-0.25, -0.2) is 0 Å². The van der Waals surface area contributed by atoms with Crippen LogP contribution in [0.25, 0.3) is 0 Å². The Bertz CT molecular complexity index is 689. The zero-order valence-corrected chi connectivity index (χ0v) is 17.7. The second-order valence-electron chi connectivity index (χ2n) is 10.1. The highest BCUT2D eigenvalue weighted by atomic mass is 16.3. The number of aliphatic hydroxyl groups is 1. The van der Waals surface area contributed by atoms with Crippen molar-refractivity contribution in [2.24, 2.45) is 0 Å². The van der Waals surface area contributed by atoms with Crippen LogP contribution in [0.3, 0.4) is 0 Å². The van der Waals surface area contributed by atoms with Gasteiger partial charge in [-0.3, -0.25) is 0 Å². The van der Waals surface area contributed by atoms with Crippen molar-refractivity contribution < 1.29 is 5.11 Å². The van der Waals surface area contributed by atoms with E-state index in [1.807, 2.05) is 0 Å². The maximum atomic E-state index is 10.1. The zero-order valence-electron chi connectivity index (χ0n) is 17.7. The molecule has 3 rings (SSSR count). The number of nitrogens with one attached hydrogen (secondary N) is 1. The first-order chi connectivity index (χ1) is 12.6.